The highest BCUT2D eigenvalue weighted by molar-refractivity contribution is 6.00. The summed E-state index contributed by atoms with van der Waals surface area (Å²) in [6, 6.07) is 15.5. The van der Waals surface area contributed by atoms with Gasteiger partial charge in [0.15, 0.2) is 0 Å². The zero-order valence-corrected chi connectivity index (χ0v) is 22.6. The molecule has 0 bridgehead atoms. The molecule has 0 aromatic heterocycles. The zero-order chi connectivity index (χ0) is 26.8. The Hall–Kier alpha value is -3.54. The summed E-state index contributed by atoms with van der Waals surface area (Å²) in [5.74, 6) is 0.0733. The predicted molar refractivity (Wildman–Crippen MR) is 150 cm³/mol. The number of hydrogen-bond donors (Lipinski definition) is 2. The Kier molecular flexibility index (Phi) is 4.40. The van der Waals surface area contributed by atoms with Crippen molar-refractivity contribution < 1.29 is 9.59 Å². The molecule has 7 rings (SSSR count). The van der Waals surface area contributed by atoms with Crippen molar-refractivity contribution in [3.63, 3.8) is 0 Å². The van der Waals surface area contributed by atoms with Gasteiger partial charge in [0.05, 0.1) is 0 Å². The molecule has 38 heavy (non-hydrogen) atoms. The number of allylic oxidation sites excluding steroid dienone is 2. The molecule has 6 atom stereocenters. The predicted octanol–water partition coefficient (Wildman–Crippen LogP) is 5.01. The van der Waals surface area contributed by atoms with E-state index in [9.17, 15) is 9.59 Å². The van der Waals surface area contributed by atoms with Gasteiger partial charge in [0.2, 0.25) is 11.8 Å². The summed E-state index contributed by atoms with van der Waals surface area (Å²) in [7, 11) is 0. The summed E-state index contributed by atoms with van der Waals surface area (Å²) in [4.78, 5) is 33.0. The normalized spacial score (nSPS) is 34.4. The van der Waals surface area contributed by atoms with Crippen LogP contribution >= 0.6 is 0 Å². The van der Waals surface area contributed by atoms with E-state index in [0.717, 1.165) is 11.4 Å². The molecule has 0 unspecified atom stereocenters. The van der Waals surface area contributed by atoms with Crippen molar-refractivity contribution in [1.82, 2.24) is 9.80 Å². The van der Waals surface area contributed by atoms with E-state index < -0.39 is 22.9 Å². The number of fused-ring (bicyclic) bond motifs is 10. The highest BCUT2D eigenvalue weighted by Crippen LogP contribution is 2.64. The number of benzene rings is 2. The van der Waals surface area contributed by atoms with Crippen LogP contribution in [-0.2, 0) is 20.4 Å². The Bertz CT molecular complexity index is 1320. The van der Waals surface area contributed by atoms with Crippen molar-refractivity contribution in [3.8, 4) is 0 Å². The van der Waals surface area contributed by atoms with Crippen molar-refractivity contribution in [2.75, 3.05) is 10.6 Å². The van der Waals surface area contributed by atoms with Gasteiger partial charge in [-0.3, -0.25) is 9.59 Å². The van der Waals surface area contributed by atoms with Crippen LogP contribution in [0.5, 0.6) is 0 Å². The average Bonchev–Trinajstić information content (AvgIpc) is 3.62. The van der Waals surface area contributed by atoms with E-state index in [1.165, 1.54) is 11.1 Å². The number of hydrogen-bond acceptors (Lipinski definition) is 4. The zero-order valence-electron chi connectivity index (χ0n) is 22.6. The first-order chi connectivity index (χ1) is 18.1. The molecule has 6 nitrogen and oxygen atoms in total. The van der Waals surface area contributed by atoms with Crippen LogP contribution in [0.15, 0.2) is 73.8 Å². The molecule has 2 aromatic carbocycles. The van der Waals surface area contributed by atoms with Gasteiger partial charge in [0.25, 0.3) is 0 Å². The third kappa shape index (κ3) is 2.37. The number of carbonyl (C=O) groups excluding carboxylic acids is 2. The Morgan fingerprint density at radius 1 is 0.737 bits per heavy atom. The Balaban J connectivity index is 1.38. The molecule has 5 heterocycles. The van der Waals surface area contributed by atoms with Gasteiger partial charge >= 0.3 is 0 Å². The summed E-state index contributed by atoms with van der Waals surface area (Å²) < 4.78 is 0. The molecule has 3 fully saturated rings. The summed E-state index contributed by atoms with van der Waals surface area (Å²) in [5, 5.41) is 7.36. The molecular formula is C32H36N4O2. The minimum absolute atomic E-state index is 0.0366. The number of rotatable bonds is 4. The van der Waals surface area contributed by atoms with E-state index in [2.05, 4.69) is 75.8 Å². The largest absolute Gasteiger partial charge is 0.364 e. The SMILES string of the molecule is C=CC(C)(C)[C@]12C[C@@H]3C(=O)N4[C@H](C[C@]5(C(C)(C)C=C)c6ccccc6N[C@@H]45)C(=O)N3[C@@H]1Nc1ccccc12. The number of carbonyl (C=O) groups is 2. The quantitative estimate of drug-likeness (QED) is 0.570. The molecule has 5 aliphatic rings. The second-order valence-corrected chi connectivity index (χ2v) is 12.9. The summed E-state index contributed by atoms with van der Waals surface area (Å²) >= 11 is 0. The van der Waals surface area contributed by atoms with Crippen LogP contribution < -0.4 is 10.6 Å². The van der Waals surface area contributed by atoms with Crippen molar-refractivity contribution in [2.45, 2.75) is 75.8 Å². The second-order valence-electron chi connectivity index (χ2n) is 12.9. The Morgan fingerprint density at radius 3 is 1.47 bits per heavy atom. The molecule has 3 saturated heterocycles. The molecule has 2 amide bonds. The van der Waals surface area contributed by atoms with Gasteiger partial charge in [-0.1, -0.05) is 76.2 Å². The molecule has 0 aliphatic carbocycles. The van der Waals surface area contributed by atoms with E-state index in [1.807, 2.05) is 46.2 Å². The van der Waals surface area contributed by atoms with Crippen LogP contribution in [0.2, 0.25) is 0 Å². The lowest BCUT2D eigenvalue weighted by Gasteiger charge is -2.45. The minimum Gasteiger partial charge on any atom is -0.364 e. The first kappa shape index (κ1) is 23.6. The molecule has 0 saturated carbocycles. The summed E-state index contributed by atoms with van der Waals surface area (Å²) in [6.07, 6.45) is 4.50. The van der Waals surface area contributed by atoms with E-state index >= 15 is 0 Å². The summed E-state index contributed by atoms with van der Waals surface area (Å²) in [5.41, 5.74) is 2.80. The van der Waals surface area contributed by atoms with Gasteiger partial charge in [-0.2, -0.15) is 0 Å². The number of piperazine rings is 1. The third-order valence-electron chi connectivity index (χ3n) is 11.0. The summed E-state index contributed by atoms with van der Waals surface area (Å²) in [6.45, 7) is 17.1. The lowest BCUT2D eigenvalue weighted by atomic mass is 9.60. The van der Waals surface area contributed by atoms with Crippen LogP contribution in [0.1, 0.15) is 51.7 Å². The highest BCUT2D eigenvalue weighted by atomic mass is 16.2. The van der Waals surface area contributed by atoms with Crippen LogP contribution in [0, 0.1) is 10.8 Å². The molecule has 6 heteroatoms. The molecule has 2 aromatic rings. The van der Waals surface area contributed by atoms with Gasteiger partial charge in [0, 0.05) is 22.2 Å². The van der Waals surface area contributed by atoms with Crippen molar-refractivity contribution in [3.05, 3.63) is 85.0 Å². The fourth-order valence-corrected chi connectivity index (χ4v) is 8.66. The topological polar surface area (TPSA) is 64.7 Å². The molecule has 2 N–H and O–H groups in total. The maximum atomic E-state index is 14.6. The number of nitrogens with zero attached hydrogens (tertiary/aromatic N) is 2. The Labute approximate surface area is 224 Å². The minimum atomic E-state index is -0.531. The lowest BCUT2D eigenvalue weighted by molar-refractivity contribution is -0.160. The van der Waals surface area contributed by atoms with Gasteiger partial charge in [-0.05, 0) is 46.9 Å². The molecular weight excluding hydrogens is 472 g/mol. The average molecular weight is 509 g/mol. The number of para-hydroxylation sites is 2. The smallest absolute Gasteiger partial charge is 0.247 e. The standard InChI is InChI=1S/C32H36N4O2/c1-7-29(3,4)31-17-23-25(37)36-24(26(38)35(23)27(31)33-21-15-11-9-13-19(21)31)18-32(30(5,6)8-2)20-14-10-12-16-22(20)34-28(32)36/h7-16,23-24,27-28,33-34H,1-2,17-18H2,3-6H3/t23-,24-,27+,28+,31+,32+/m1/s1. The maximum Gasteiger partial charge on any atom is 0.247 e. The number of anilines is 2. The maximum absolute atomic E-state index is 14.6. The van der Waals surface area contributed by atoms with Gasteiger partial charge < -0.3 is 20.4 Å². The van der Waals surface area contributed by atoms with Crippen molar-refractivity contribution >= 4 is 23.2 Å². The van der Waals surface area contributed by atoms with Crippen LogP contribution in [-0.4, -0.2) is 46.0 Å². The van der Waals surface area contributed by atoms with Crippen LogP contribution in [0.25, 0.3) is 0 Å². The first-order valence-electron chi connectivity index (χ1n) is 13.7. The van der Waals surface area contributed by atoms with Gasteiger partial charge in [-0.25, -0.2) is 0 Å². The van der Waals surface area contributed by atoms with E-state index in [1.54, 1.807) is 0 Å². The van der Waals surface area contributed by atoms with Crippen LogP contribution in [0.3, 0.4) is 0 Å². The number of nitrogens with one attached hydrogen (secondary N) is 2. The van der Waals surface area contributed by atoms with Gasteiger partial charge in [-0.15, -0.1) is 13.2 Å². The van der Waals surface area contributed by atoms with E-state index in [0.29, 0.717) is 12.8 Å². The fourth-order valence-electron chi connectivity index (χ4n) is 8.66. The third-order valence-corrected chi connectivity index (χ3v) is 11.0. The van der Waals surface area contributed by atoms with Crippen molar-refractivity contribution in [2.24, 2.45) is 10.8 Å². The fraction of sp³-hybridized carbons (Fsp3) is 0.438. The lowest BCUT2D eigenvalue weighted by Crippen LogP contribution is -2.66. The van der Waals surface area contributed by atoms with Crippen molar-refractivity contribution in [1.29, 1.82) is 0 Å². The van der Waals surface area contributed by atoms with Crippen LogP contribution in [0.4, 0.5) is 11.4 Å². The highest BCUT2D eigenvalue weighted by Gasteiger charge is 2.73. The number of amides is 2. The molecule has 0 radical (unpaired) electrons. The molecule has 5 aliphatic heterocycles. The molecule has 0 spiro atoms. The first-order valence-corrected chi connectivity index (χ1v) is 13.7. The van der Waals surface area contributed by atoms with E-state index in [-0.39, 0.29) is 35.0 Å². The second kappa shape index (κ2) is 7.10. The van der Waals surface area contributed by atoms with Gasteiger partial charge in [0.1, 0.15) is 24.4 Å². The molecule has 196 valence electrons. The van der Waals surface area contributed by atoms with E-state index in [4.69, 9.17) is 0 Å². The monoisotopic (exact) mass is 508 g/mol. The Morgan fingerprint density at radius 2 is 1.11 bits per heavy atom.